The van der Waals surface area contributed by atoms with Crippen molar-refractivity contribution in [3.8, 4) is 0 Å². The molecule has 1 rings (SSSR count). The van der Waals surface area contributed by atoms with E-state index in [0.717, 1.165) is 12.2 Å². The predicted octanol–water partition coefficient (Wildman–Crippen LogP) is 2.75. The normalized spacial score (nSPS) is 10.3. The van der Waals surface area contributed by atoms with Crippen LogP contribution >= 0.6 is 23.1 Å². The first-order chi connectivity index (χ1) is 6.15. The highest BCUT2D eigenvalue weighted by Crippen LogP contribution is 2.25. The lowest BCUT2D eigenvalue weighted by Gasteiger charge is -2.01. The zero-order chi connectivity index (χ0) is 9.84. The van der Waals surface area contributed by atoms with E-state index in [9.17, 15) is 0 Å². The smallest absolute Gasteiger partial charge is 0.151 e. The Bertz CT molecular complexity index is 305. The van der Waals surface area contributed by atoms with Gasteiger partial charge in [0, 0.05) is 10.6 Å². The average molecular weight is 214 g/mol. The Morgan fingerprint density at radius 3 is 2.92 bits per heavy atom. The lowest BCUT2D eigenvalue weighted by Crippen LogP contribution is -2.04. The number of amidine groups is 1. The van der Waals surface area contributed by atoms with Crippen LogP contribution in [-0.4, -0.2) is 5.17 Å². The van der Waals surface area contributed by atoms with Gasteiger partial charge >= 0.3 is 0 Å². The lowest BCUT2D eigenvalue weighted by molar-refractivity contribution is 1.10. The SMILES string of the molecule is CCc1c(CSC(=N)N)csc1C. The van der Waals surface area contributed by atoms with Gasteiger partial charge in [0.05, 0.1) is 0 Å². The highest BCUT2D eigenvalue weighted by molar-refractivity contribution is 8.13. The van der Waals surface area contributed by atoms with E-state index in [1.807, 2.05) is 0 Å². The third-order valence-electron chi connectivity index (χ3n) is 1.93. The van der Waals surface area contributed by atoms with Crippen molar-refractivity contribution in [1.82, 2.24) is 0 Å². The molecule has 0 atom stereocenters. The number of rotatable bonds is 3. The van der Waals surface area contributed by atoms with Gasteiger partial charge in [-0.2, -0.15) is 0 Å². The molecule has 2 nitrogen and oxygen atoms in total. The standard InChI is InChI=1S/C9H14N2S2/c1-3-8-6(2)12-4-7(8)5-13-9(10)11/h4H,3,5H2,1-2H3,(H3,10,11). The van der Waals surface area contributed by atoms with E-state index in [0.29, 0.717) is 0 Å². The highest BCUT2D eigenvalue weighted by atomic mass is 32.2. The molecular weight excluding hydrogens is 200 g/mol. The van der Waals surface area contributed by atoms with Gasteiger partial charge in [0.2, 0.25) is 0 Å². The Balaban J connectivity index is 2.70. The van der Waals surface area contributed by atoms with Crippen LogP contribution in [0.5, 0.6) is 0 Å². The zero-order valence-corrected chi connectivity index (χ0v) is 9.52. The largest absolute Gasteiger partial charge is 0.379 e. The van der Waals surface area contributed by atoms with Crippen molar-refractivity contribution in [3.63, 3.8) is 0 Å². The fourth-order valence-electron chi connectivity index (χ4n) is 1.28. The van der Waals surface area contributed by atoms with Gasteiger partial charge in [-0.25, -0.2) is 0 Å². The maximum Gasteiger partial charge on any atom is 0.151 e. The van der Waals surface area contributed by atoms with Crippen LogP contribution in [-0.2, 0) is 12.2 Å². The van der Waals surface area contributed by atoms with Crippen molar-refractivity contribution in [2.45, 2.75) is 26.0 Å². The summed E-state index contributed by atoms with van der Waals surface area (Å²) in [6.07, 6.45) is 1.07. The molecular formula is C9H14N2S2. The summed E-state index contributed by atoms with van der Waals surface area (Å²) >= 11 is 3.18. The molecule has 0 spiro atoms. The zero-order valence-electron chi connectivity index (χ0n) is 7.89. The van der Waals surface area contributed by atoms with Crippen LogP contribution in [0.15, 0.2) is 5.38 Å². The van der Waals surface area contributed by atoms with Crippen LogP contribution < -0.4 is 5.73 Å². The number of aryl methyl sites for hydroxylation is 1. The summed E-state index contributed by atoms with van der Waals surface area (Å²) in [5.74, 6) is 0.836. The third kappa shape index (κ3) is 2.74. The summed E-state index contributed by atoms with van der Waals surface area (Å²) in [6.45, 7) is 4.31. The molecule has 0 aliphatic heterocycles. The van der Waals surface area contributed by atoms with E-state index in [2.05, 4.69) is 19.2 Å². The Labute approximate surface area is 87.0 Å². The summed E-state index contributed by atoms with van der Waals surface area (Å²) in [5.41, 5.74) is 8.06. The number of nitrogens with one attached hydrogen (secondary N) is 1. The van der Waals surface area contributed by atoms with Crippen molar-refractivity contribution >= 4 is 28.3 Å². The minimum atomic E-state index is 0.200. The Morgan fingerprint density at radius 2 is 2.38 bits per heavy atom. The Kier molecular flexibility index (Phi) is 3.81. The monoisotopic (exact) mass is 214 g/mol. The van der Waals surface area contributed by atoms with Crippen LogP contribution in [0, 0.1) is 12.3 Å². The van der Waals surface area contributed by atoms with E-state index in [-0.39, 0.29) is 5.17 Å². The first kappa shape index (κ1) is 10.6. The van der Waals surface area contributed by atoms with E-state index in [4.69, 9.17) is 11.1 Å². The molecule has 0 fully saturated rings. The second-order valence-electron chi connectivity index (χ2n) is 2.80. The van der Waals surface area contributed by atoms with Crippen LogP contribution in [0.25, 0.3) is 0 Å². The lowest BCUT2D eigenvalue weighted by atomic mass is 10.1. The van der Waals surface area contributed by atoms with Gasteiger partial charge in [-0.3, -0.25) is 5.41 Å². The van der Waals surface area contributed by atoms with E-state index < -0.39 is 0 Å². The predicted molar refractivity (Wildman–Crippen MR) is 61.6 cm³/mol. The Morgan fingerprint density at radius 1 is 1.69 bits per heavy atom. The van der Waals surface area contributed by atoms with Crippen LogP contribution in [0.4, 0.5) is 0 Å². The molecule has 13 heavy (non-hydrogen) atoms. The number of thioether (sulfide) groups is 1. The molecule has 1 aromatic heterocycles. The molecule has 0 bridgehead atoms. The van der Waals surface area contributed by atoms with E-state index in [1.165, 1.54) is 27.8 Å². The van der Waals surface area contributed by atoms with Crippen LogP contribution in [0.2, 0.25) is 0 Å². The second kappa shape index (κ2) is 4.67. The van der Waals surface area contributed by atoms with Crippen molar-refractivity contribution in [2.24, 2.45) is 5.73 Å². The molecule has 0 aliphatic carbocycles. The van der Waals surface area contributed by atoms with Crippen molar-refractivity contribution < 1.29 is 0 Å². The summed E-state index contributed by atoms with van der Waals surface area (Å²) < 4.78 is 0. The quantitative estimate of drug-likeness (QED) is 0.600. The summed E-state index contributed by atoms with van der Waals surface area (Å²) in [5, 5.41) is 9.49. The van der Waals surface area contributed by atoms with Gasteiger partial charge in [0.15, 0.2) is 5.17 Å². The molecule has 1 heterocycles. The van der Waals surface area contributed by atoms with Crippen LogP contribution in [0.1, 0.15) is 22.9 Å². The number of hydrogen-bond acceptors (Lipinski definition) is 3. The summed E-state index contributed by atoms with van der Waals surface area (Å²) in [6, 6.07) is 0. The fraction of sp³-hybridized carbons (Fsp3) is 0.444. The van der Waals surface area contributed by atoms with Crippen molar-refractivity contribution in [2.75, 3.05) is 0 Å². The first-order valence-corrected chi connectivity index (χ1v) is 6.04. The molecule has 0 aliphatic rings. The molecule has 0 radical (unpaired) electrons. The molecule has 0 saturated carbocycles. The van der Waals surface area contributed by atoms with Gasteiger partial charge in [-0.05, 0) is 29.9 Å². The van der Waals surface area contributed by atoms with Crippen molar-refractivity contribution in [3.05, 3.63) is 21.4 Å². The molecule has 0 saturated heterocycles. The molecule has 1 aromatic rings. The minimum Gasteiger partial charge on any atom is -0.379 e. The van der Waals surface area contributed by atoms with Gasteiger partial charge in [0.25, 0.3) is 0 Å². The van der Waals surface area contributed by atoms with Crippen LogP contribution in [0.3, 0.4) is 0 Å². The molecule has 4 heteroatoms. The maximum atomic E-state index is 7.12. The fourth-order valence-corrected chi connectivity index (χ4v) is 2.92. The van der Waals surface area contributed by atoms with E-state index >= 15 is 0 Å². The maximum absolute atomic E-state index is 7.12. The molecule has 0 amide bonds. The molecule has 0 unspecified atom stereocenters. The number of hydrogen-bond donors (Lipinski definition) is 2. The number of thiophene rings is 1. The second-order valence-corrected chi connectivity index (χ2v) is 4.90. The summed E-state index contributed by atoms with van der Waals surface area (Å²) in [4.78, 5) is 1.39. The van der Waals surface area contributed by atoms with Gasteiger partial charge < -0.3 is 5.73 Å². The molecule has 0 aromatic carbocycles. The molecule has 72 valence electrons. The Hall–Kier alpha value is -0.480. The first-order valence-electron chi connectivity index (χ1n) is 4.17. The van der Waals surface area contributed by atoms with E-state index in [1.54, 1.807) is 11.3 Å². The topological polar surface area (TPSA) is 49.9 Å². The average Bonchev–Trinajstić information content (AvgIpc) is 2.42. The molecule has 3 N–H and O–H groups in total. The van der Waals surface area contributed by atoms with Gasteiger partial charge in [-0.15, -0.1) is 11.3 Å². The number of nitrogens with two attached hydrogens (primary N) is 1. The minimum absolute atomic E-state index is 0.200. The van der Waals surface area contributed by atoms with Gasteiger partial charge in [0.1, 0.15) is 0 Å². The van der Waals surface area contributed by atoms with Crippen molar-refractivity contribution in [1.29, 1.82) is 5.41 Å². The third-order valence-corrected chi connectivity index (χ3v) is 3.70. The highest BCUT2D eigenvalue weighted by Gasteiger charge is 2.06. The van der Waals surface area contributed by atoms with Gasteiger partial charge in [-0.1, -0.05) is 18.7 Å². The summed E-state index contributed by atoms with van der Waals surface area (Å²) in [7, 11) is 0.